The number of aryl methyl sites for hydroxylation is 1. The molecule has 0 saturated carbocycles. The number of aromatic nitrogens is 2. The van der Waals surface area contributed by atoms with Gasteiger partial charge in [0.1, 0.15) is 5.82 Å². The number of anilines is 1. The molecule has 1 fully saturated rings. The lowest BCUT2D eigenvalue weighted by molar-refractivity contribution is -0.121. The zero-order chi connectivity index (χ0) is 17.1. The van der Waals surface area contributed by atoms with Crippen molar-refractivity contribution in [2.75, 3.05) is 18.4 Å². The van der Waals surface area contributed by atoms with Crippen LogP contribution in [-0.4, -0.2) is 39.6 Å². The summed E-state index contributed by atoms with van der Waals surface area (Å²) in [4.78, 5) is 26.5. The maximum absolute atomic E-state index is 13.0. The highest BCUT2D eigenvalue weighted by Crippen LogP contribution is 2.20. The molecular weight excluding hydrogens is 311 g/mol. The minimum Gasteiger partial charge on any atom is -0.338 e. The van der Waals surface area contributed by atoms with Crippen molar-refractivity contribution in [1.82, 2.24) is 14.7 Å². The van der Waals surface area contributed by atoms with Crippen LogP contribution in [0.4, 0.5) is 10.2 Å². The van der Waals surface area contributed by atoms with Gasteiger partial charge in [0, 0.05) is 38.0 Å². The summed E-state index contributed by atoms with van der Waals surface area (Å²) in [5, 5.41) is 6.90. The Labute approximate surface area is 139 Å². The normalized spacial score (nSPS) is 17.6. The molecule has 3 rings (SSSR count). The van der Waals surface area contributed by atoms with Crippen LogP contribution in [0.1, 0.15) is 23.2 Å². The van der Waals surface area contributed by atoms with Crippen LogP contribution in [0.15, 0.2) is 36.5 Å². The first-order chi connectivity index (χ1) is 11.5. The van der Waals surface area contributed by atoms with E-state index >= 15 is 0 Å². The number of piperidine rings is 1. The third kappa shape index (κ3) is 3.61. The van der Waals surface area contributed by atoms with Gasteiger partial charge in [0.25, 0.3) is 5.91 Å². The van der Waals surface area contributed by atoms with E-state index in [0.29, 0.717) is 24.5 Å². The van der Waals surface area contributed by atoms with Gasteiger partial charge >= 0.3 is 0 Å². The number of hydrogen-bond donors (Lipinski definition) is 1. The van der Waals surface area contributed by atoms with Crippen molar-refractivity contribution >= 4 is 17.6 Å². The Bertz CT molecular complexity index is 741. The van der Waals surface area contributed by atoms with E-state index in [1.165, 1.54) is 24.3 Å². The van der Waals surface area contributed by atoms with Gasteiger partial charge in [-0.1, -0.05) is 0 Å². The SMILES string of the molecule is Cn1ccc(NC(=O)[C@@H]2CCCN(C(=O)c3ccc(F)cc3)C2)n1. The lowest BCUT2D eigenvalue weighted by Gasteiger charge is -2.32. The molecule has 6 nitrogen and oxygen atoms in total. The van der Waals surface area contributed by atoms with E-state index in [1.54, 1.807) is 28.9 Å². The summed E-state index contributed by atoms with van der Waals surface area (Å²) >= 11 is 0. The first-order valence-corrected chi connectivity index (χ1v) is 7.88. The lowest BCUT2D eigenvalue weighted by atomic mass is 9.96. The molecule has 1 aliphatic heterocycles. The first kappa shape index (κ1) is 16.2. The number of carbonyl (C=O) groups is 2. The molecule has 24 heavy (non-hydrogen) atoms. The van der Waals surface area contributed by atoms with Gasteiger partial charge in [0.05, 0.1) is 5.92 Å². The van der Waals surface area contributed by atoms with E-state index in [4.69, 9.17) is 0 Å². The number of carbonyl (C=O) groups excluding carboxylic acids is 2. The second-order valence-electron chi connectivity index (χ2n) is 5.96. The monoisotopic (exact) mass is 330 g/mol. The van der Waals surface area contributed by atoms with Gasteiger partial charge < -0.3 is 10.2 Å². The van der Waals surface area contributed by atoms with Crippen molar-refractivity contribution in [1.29, 1.82) is 0 Å². The minimum atomic E-state index is -0.377. The molecule has 1 aromatic heterocycles. The Morgan fingerprint density at radius 3 is 2.67 bits per heavy atom. The van der Waals surface area contributed by atoms with Gasteiger partial charge in [-0.25, -0.2) is 4.39 Å². The van der Waals surface area contributed by atoms with E-state index < -0.39 is 0 Å². The number of nitrogens with zero attached hydrogens (tertiary/aromatic N) is 3. The van der Waals surface area contributed by atoms with Crippen molar-refractivity contribution in [3.8, 4) is 0 Å². The van der Waals surface area contributed by atoms with Crippen LogP contribution in [0.25, 0.3) is 0 Å². The van der Waals surface area contributed by atoms with E-state index in [0.717, 1.165) is 12.8 Å². The molecule has 1 saturated heterocycles. The average molecular weight is 330 g/mol. The van der Waals surface area contributed by atoms with Gasteiger partial charge in [0.15, 0.2) is 5.82 Å². The highest BCUT2D eigenvalue weighted by molar-refractivity contribution is 5.96. The van der Waals surface area contributed by atoms with Crippen molar-refractivity contribution in [2.45, 2.75) is 12.8 Å². The van der Waals surface area contributed by atoms with Crippen LogP contribution in [0, 0.1) is 11.7 Å². The highest BCUT2D eigenvalue weighted by Gasteiger charge is 2.29. The molecule has 7 heteroatoms. The minimum absolute atomic E-state index is 0.134. The molecule has 2 aromatic rings. The molecule has 0 aliphatic carbocycles. The number of likely N-dealkylation sites (tertiary alicyclic amines) is 1. The molecule has 1 aromatic carbocycles. The smallest absolute Gasteiger partial charge is 0.253 e. The zero-order valence-electron chi connectivity index (χ0n) is 13.4. The Morgan fingerprint density at radius 2 is 2.00 bits per heavy atom. The molecule has 0 unspecified atom stereocenters. The van der Waals surface area contributed by atoms with Gasteiger partial charge in [-0.05, 0) is 37.1 Å². The summed E-state index contributed by atoms with van der Waals surface area (Å²) in [5.41, 5.74) is 0.433. The van der Waals surface area contributed by atoms with E-state index in [1.807, 2.05) is 0 Å². The number of rotatable bonds is 3. The van der Waals surface area contributed by atoms with Gasteiger partial charge in [-0.3, -0.25) is 14.3 Å². The molecule has 2 heterocycles. The van der Waals surface area contributed by atoms with E-state index in [-0.39, 0.29) is 23.5 Å². The van der Waals surface area contributed by atoms with Crippen LogP contribution in [0.3, 0.4) is 0 Å². The fourth-order valence-corrected chi connectivity index (χ4v) is 2.86. The molecule has 1 aliphatic rings. The fraction of sp³-hybridized carbons (Fsp3) is 0.353. The molecule has 1 atom stereocenters. The van der Waals surface area contributed by atoms with Crippen LogP contribution in [0.2, 0.25) is 0 Å². The van der Waals surface area contributed by atoms with E-state index in [2.05, 4.69) is 10.4 Å². The van der Waals surface area contributed by atoms with Crippen LogP contribution < -0.4 is 5.32 Å². The third-order valence-electron chi connectivity index (χ3n) is 4.14. The summed E-state index contributed by atoms with van der Waals surface area (Å²) in [7, 11) is 1.78. The molecule has 0 spiro atoms. The Kier molecular flexibility index (Phi) is 4.59. The quantitative estimate of drug-likeness (QED) is 0.936. The number of halogens is 1. The van der Waals surface area contributed by atoms with Crippen molar-refractivity contribution < 1.29 is 14.0 Å². The standard InChI is InChI=1S/C17H19FN4O2/c1-21-10-8-15(20-21)19-16(23)13-3-2-9-22(11-13)17(24)12-4-6-14(18)7-5-12/h4-8,10,13H,2-3,9,11H2,1H3,(H,19,20,23)/t13-/m1/s1. The number of benzene rings is 1. The summed E-state index contributed by atoms with van der Waals surface area (Å²) in [6, 6.07) is 7.19. The lowest BCUT2D eigenvalue weighted by Crippen LogP contribution is -2.43. The Morgan fingerprint density at radius 1 is 1.25 bits per heavy atom. The highest BCUT2D eigenvalue weighted by atomic mass is 19.1. The van der Waals surface area contributed by atoms with Crippen molar-refractivity contribution in [3.63, 3.8) is 0 Å². The van der Waals surface area contributed by atoms with Gasteiger partial charge in [0.2, 0.25) is 5.91 Å². The summed E-state index contributed by atoms with van der Waals surface area (Å²) in [6.07, 6.45) is 3.24. The largest absolute Gasteiger partial charge is 0.338 e. The Balaban J connectivity index is 1.64. The topological polar surface area (TPSA) is 67.2 Å². The predicted octanol–water partition coefficient (Wildman–Crippen LogP) is 2.05. The second kappa shape index (κ2) is 6.82. The Hall–Kier alpha value is -2.70. The number of amides is 2. The maximum atomic E-state index is 13.0. The molecular formula is C17H19FN4O2. The molecule has 0 bridgehead atoms. The molecule has 1 N–H and O–H groups in total. The fourth-order valence-electron chi connectivity index (χ4n) is 2.86. The summed E-state index contributed by atoms with van der Waals surface area (Å²) in [5.74, 6) is -0.455. The third-order valence-corrected chi connectivity index (χ3v) is 4.14. The second-order valence-corrected chi connectivity index (χ2v) is 5.96. The predicted molar refractivity (Wildman–Crippen MR) is 86.9 cm³/mol. The zero-order valence-corrected chi connectivity index (χ0v) is 13.4. The van der Waals surface area contributed by atoms with Crippen LogP contribution in [-0.2, 0) is 11.8 Å². The first-order valence-electron chi connectivity index (χ1n) is 7.88. The van der Waals surface area contributed by atoms with Gasteiger partial charge in [-0.2, -0.15) is 5.10 Å². The summed E-state index contributed by atoms with van der Waals surface area (Å²) in [6.45, 7) is 0.957. The van der Waals surface area contributed by atoms with Crippen molar-refractivity contribution in [2.24, 2.45) is 13.0 Å². The number of nitrogens with one attached hydrogen (secondary N) is 1. The number of hydrogen-bond acceptors (Lipinski definition) is 3. The van der Waals surface area contributed by atoms with Crippen molar-refractivity contribution in [3.05, 3.63) is 47.9 Å². The molecule has 0 radical (unpaired) electrons. The van der Waals surface area contributed by atoms with Crippen LogP contribution in [0.5, 0.6) is 0 Å². The average Bonchev–Trinajstić information content (AvgIpc) is 3.00. The van der Waals surface area contributed by atoms with Gasteiger partial charge in [-0.15, -0.1) is 0 Å². The molecule has 2 amide bonds. The maximum Gasteiger partial charge on any atom is 0.253 e. The molecule has 126 valence electrons. The summed E-state index contributed by atoms with van der Waals surface area (Å²) < 4.78 is 14.6. The van der Waals surface area contributed by atoms with E-state index in [9.17, 15) is 14.0 Å². The van der Waals surface area contributed by atoms with Crippen LogP contribution >= 0.6 is 0 Å².